The van der Waals surface area contributed by atoms with Crippen LogP contribution in [0, 0.1) is 0 Å². The zero-order valence-corrected chi connectivity index (χ0v) is 10.6. The largest absolute Gasteiger partial charge is 0.488 e. The minimum Gasteiger partial charge on any atom is -0.488 e. The maximum atomic E-state index is 5.68. The first-order valence-corrected chi connectivity index (χ1v) is 6.68. The molecule has 0 radical (unpaired) electrons. The molecule has 0 aliphatic heterocycles. The molecule has 3 heteroatoms. The lowest BCUT2D eigenvalue weighted by atomic mass is 10.2. The van der Waals surface area contributed by atoms with Crippen LogP contribution in [0.1, 0.15) is 10.4 Å². The van der Waals surface area contributed by atoms with Crippen LogP contribution < -0.4 is 4.74 Å². The SMILES string of the molecule is BrCc1cccc(OCc2cccs2)c1. The van der Waals surface area contributed by atoms with E-state index in [4.69, 9.17) is 4.74 Å². The van der Waals surface area contributed by atoms with Crippen LogP contribution in [0.5, 0.6) is 5.75 Å². The van der Waals surface area contributed by atoms with E-state index in [1.54, 1.807) is 11.3 Å². The van der Waals surface area contributed by atoms with Gasteiger partial charge in [-0.3, -0.25) is 0 Å². The first-order chi connectivity index (χ1) is 7.38. The molecule has 0 saturated heterocycles. The van der Waals surface area contributed by atoms with Crippen LogP contribution in [0.3, 0.4) is 0 Å². The smallest absolute Gasteiger partial charge is 0.122 e. The highest BCUT2D eigenvalue weighted by molar-refractivity contribution is 9.08. The Balaban J connectivity index is 1.98. The van der Waals surface area contributed by atoms with Gasteiger partial charge in [-0.1, -0.05) is 34.1 Å². The van der Waals surface area contributed by atoms with Crippen molar-refractivity contribution < 1.29 is 4.74 Å². The molecule has 1 aromatic carbocycles. The average Bonchev–Trinajstić information content (AvgIpc) is 2.79. The molecular formula is C12H11BrOS. The van der Waals surface area contributed by atoms with Gasteiger partial charge >= 0.3 is 0 Å². The Morgan fingerprint density at radius 1 is 1.20 bits per heavy atom. The van der Waals surface area contributed by atoms with E-state index < -0.39 is 0 Å². The molecule has 0 fully saturated rings. The molecule has 1 aromatic heterocycles. The fraction of sp³-hybridized carbons (Fsp3) is 0.167. The second-order valence-corrected chi connectivity index (χ2v) is 4.74. The van der Waals surface area contributed by atoms with Crippen LogP contribution in [0.2, 0.25) is 0 Å². The van der Waals surface area contributed by atoms with E-state index in [9.17, 15) is 0 Å². The Kier molecular flexibility index (Phi) is 3.80. The molecule has 0 aliphatic rings. The van der Waals surface area contributed by atoms with Crippen LogP contribution in [-0.2, 0) is 11.9 Å². The molecule has 1 nitrogen and oxygen atoms in total. The van der Waals surface area contributed by atoms with Gasteiger partial charge in [-0.05, 0) is 29.1 Å². The van der Waals surface area contributed by atoms with Crippen molar-refractivity contribution in [2.75, 3.05) is 0 Å². The van der Waals surface area contributed by atoms with Crippen LogP contribution in [0.15, 0.2) is 41.8 Å². The predicted molar refractivity (Wildman–Crippen MR) is 67.7 cm³/mol. The summed E-state index contributed by atoms with van der Waals surface area (Å²) in [6.45, 7) is 0.656. The molecule has 0 spiro atoms. The molecule has 78 valence electrons. The third-order valence-electron chi connectivity index (χ3n) is 2.01. The number of ether oxygens (including phenoxy) is 1. The predicted octanol–water partition coefficient (Wildman–Crippen LogP) is 4.22. The van der Waals surface area contributed by atoms with E-state index in [-0.39, 0.29) is 0 Å². The van der Waals surface area contributed by atoms with Crippen LogP contribution >= 0.6 is 27.3 Å². The van der Waals surface area contributed by atoms with E-state index >= 15 is 0 Å². The van der Waals surface area contributed by atoms with Crippen molar-refractivity contribution in [2.24, 2.45) is 0 Å². The molecule has 0 bridgehead atoms. The third kappa shape index (κ3) is 3.08. The van der Waals surface area contributed by atoms with E-state index in [1.807, 2.05) is 18.2 Å². The summed E-state index contributed by atoms with van der Waals surface area (Å²) >= 11 is 5.15. The topological polar surface area (TPSA) is 9.23 Å². The molecule has 15 heavy (non-hydrogen) atoms. The van der Waals surface area contributed by atoms with Crippen LogP contribution in [0.4, 0.5) is 0 Å². The Bertz CT molecular complexity index is 411. The zero-order valence-electron chi connectivity index (χ0n) is 8.15. The van der Waals surface area contributed by atoms with E-state index in [1.165, 1.54) is 10.4 Å². The van der Waals surface area contributed by atoms with Crippen LogP contribution in [0.25, 0.3) is 0 Å². The van der Waals surface area contributed by atoms with Crippen molar-refractivity contribution in [1.29, 1.82) is 0 Å². The lowest BCUT2D eigenvalue weighted by molar-refractivity contribution is 0.309. The molecule has 0 N–H and O–H groups in total. The highest BCUT2D eigenvalue weighted by atomic mass is 79.9. The molecule has 1 heterocycles. The molecule has 0 amide bonds. The number of thiophene rings is 1. The fourth-order valence-corrected chi connectivity index (χ4v) is 2.23. The second-order valence-electron chi connectivity index (χ2n) is 3.15. The maximum Gasteiger partial charge on any atom is 0.122 e. The van der Waals surface area contributed by atoms with Crippen molar-refractivity contribution in [3.63, 3.8) is 0 Å². The quantitative estimate of drug-likeness (QED) is 0.763. The van der Waals surface area contributed by atoms with Gasteiger partial charge in [0.1, 0.15) is 12.4 Å². The van der Waals surface area contributed by atoms with Gasteiger partial charge in [0.25, 0.3) is 0 Å². The summed E-state index contributed by atoms with van der Waals surface area (Å²) in [5.74, 6) is 0.931. The summed E-state index contributed by atoms with van der Waals surface area (Å²) in [5.41, 5.74) is 1.23. The standard InChI is InChI=1S/C12H11BrOS/c13-8-10-3-1-4-11(7-10)14-9-12-5-2-6-15-12/h1-7H,8-9H2. The summed E-state index contributed by atoms with van der Waals surface area (Å²) in [5, 5.41) is 2.93. The minimum absolute atomic E-state index is 0.656. The van der Waals surface area contributed by atoms with Gasteiger partial charge in [0.2, 0.25) is 0 Å². The molecule has 2 rings (SSSR count). The number of rotatable bonds is 4. The Morgan fingerprint density at radius 3 is 2.87 bits per heavy atom. The number of alkyl halides is 1. The highest BCUT2D eigenvalue weighted by Gasteiger charge is 1.97. The van der Waals surface area contributed by atoms with Crippen LogP contribution in [-0.4, -0.2) is 0 Å². The van der Waals surface area contributed by atoms with Gasteiger partial charge in [-0.25, -0.2) is 0 Å². The monoisotopic (exact) mass is 282 g/mol. The third-order valence-corrected chi connectivity index (χ3v) is 3.51. The van der Waals surface area contributed by atoms with Gasteiger partial charge in [0, 0.05) is 10.2 Å². The Hall–Kier alpha value is -0.800. The van der Waals surface area contributed by atoms with Gasteiger partial charge in [-0.15, -0.1) is 11.3 Å². The van der Waals surface area contributed by atoms with Crippen molar-refractivity contribution in [1.82, 2.24) is 0 Å². The van der Waals surface area contributed by atoms with Gasteiger partial charge in [0.15, 0.2) is 0 Å². The summed E-state index contributed by atoms with van der Waals surface area (Å²) in [6, 6.07) is 12.3. The van der Waals surface area contributed by atoms with Crippen molar-refractivity contribution >= 4 is 27.3 Å². The minimum atomic E-state index is 0.656. The molecule has 2 aromatic rings. The summed E-state index contributed by atoms with van der Waals surface area (Å²) < 4.78 is 5.68. The maximum absolute atomic E-state index is 5.68. The van der Waals surface area contributed by atoms with E-state index in [0.717, 1.165) is 11.1 Å². The number of benzene rings is 1. The fourth-order valence-electron chi connectivity index (χ4n) is 1.27. The van der Waals surface area contributed by atoms with E-state index in [2.05, 4.69) is 39.5 Å². The number of hydrogen-bond donors (Lipinski definition) is 0. The van der Waals surface area contributed by atoms with Crippen molar-refractivity contribution in [3.05, 3.63) is 52.2 Å². The molecule has 0 unspecified atom stereocenters. The Labute approximate surface area is 102 Å². The van der Waals surface area contributed by atoms with Gasteiger partial charge in [0.05, 0.1) is 0 Å². The first kappa shape index (κ1) is 10.7. The molecule has 0 saturated carbocycles. The Morgan fingerprint density at radius 2 is 2.13 bits per heavy atom. The van der Waals surface area contributed by atoms with Crippen molar-refractivity contribution in [2.45, 2.75) is 11.9 Å². The molecular weight excluding hydrogens is 272 g/mol. The normalized spacial score (nSPS) is 10.2. The van der Waals surface area contributed by atoms with Gasteiger partial charge < -0.3 is 4.74 Å². The lowest BCUT2D eigenvalue weighted by Gasteiger charge is -2.05. The zero-order chi connectivity index (χ0) is 10.5. The first-order valence-electron chi connectivity index (χ1n) is 4.68. The molecule has 0 atom stereocenters. The number of halogens is 1. The summed E-state index contributed by atoms with van der Waals surface area (Å²) in [6.07, 6.45) is 0. The van der Waals surface area contributed by atoms with E-state index in [0.29, 0.717) is 6.61 Å². The summed E-state index contributed by atoms with van der Waals surface area (Å²) in [4.78, 5) is 1.25. The second kappa shape index (κ2) is 5.33. The lowest BCUT2D eigenvalue weighted by Crippen LogP contribution is -1.93. The summed E-state index contributed by atoms with van der Waals surface area (Å²) in [7, 11) is 0. The van der Waals surface area contributed by atoms with Gasteiger partial charge in [-0.2, -0.15) is 0 Å². The number of hydrogen-bond acceptors (Lipinski definition) is 2. The molecule has 0 aliphatic carbocycles. The average molecular weight is 283 g/mol. The van der Waals surface area contributed by atoms with Crippen molar-refractivity contribution in [3.8, 4) is 5.75 Å². The highest BCUT2D eigenvalue weighted by Crippen LogP contribution is 2.18.